The first-order valence-corrected chi connectivity index (χ1v) is 10.9. The average molecular weight is 407 g/mol. The predicted molar refractivity (Wildman–Crippen MR) is 129 cm³/mol. The van der Waals surface area contributed by atoms with Gasteiger partial charge in [0.15, 0.2) is 5.82 Å². The number of aryl methyl sites for hydroxylation is 1. The maximum Gasteiger partial charge on any atom is 0.152 e. The summed E-state index contributed by atoms with van der Waals surface area (Å²) in [6.45, 7) is 2.97. The van der Waals surface area contributed by atoms with Crippen molar-refractivity contribution < 1.29 is 0 Å². The normalized spacial score (nSPS) is 11.4. The fraction of sp³-hybridized carbons (Fsp3) is 0.185. The van der Waals surface area contributed by atoms with Crippen LogP contribution in [0.15, 0.2) is 78.9 Å². The lowest BCUT2D eigenvalue weighted by Crippen LogP contribution is -2.06. The van der Waals surface area contributed by atoms with Crippen molar-refractivity contribution in [2.45, 2.75) is 32.7 Å². The molecule has 0 saturated heterocycles. The topological polar surface area (TPSA) is 56.7 Å². The molecule has 154 valence electrons. The van der Waals surface area contributed by atoms with Crippen LogP contribution in [0.1, 0.15) is 31.2 Å². The molecule has 2 aromatic heterocycles. The van der Waals surface area contributed by atoms with Gasteiger partial charge in [0.05, 0.1) is 11.0 Å². The summed E-state index contributed by atoms with van der Waals surface area (Å²) in [6.07, 6.45) is 3.16. The number of para-hydroxylation sites is 1. The molecule has 0 atom stereocenters. The van der Waals surface area contributed by atoms with Crippen LogP contribution in [0, 0.1) is 0 Å². The molecule has 0 saturated carbocycles. The van der Waals surface area contributed by atoms with Gasteiger partial charge in [-0.05, 0) is 29.2 Å². The molecule has 31 heavy (non-hydrogen) atoms. The third-order valence-electron chi connectivity index (χ3n) is 5.85. The number of nitrogens with two attached hydrogens (primary N) is 1. The maximum absolute atomic E-state index is 6.32. The van der Waals surface area contributed by atoms with E-state index in [0.717, 1.165) is 53.6 Å². The molecule has 0 aliphatic heterocycles. The third-order valence-corrected chi connectivity index (χ3v) is 5.85. The maximum atomic E-state index is 6.32. The van der Waals surface area contributed by atoms with Crippen LogP contribution in [-0.2, 0) is 13.0 Å². The summed E-state index contributed by atoms with van der Waals surface area (Å²) in [4.78, 5) is 9.53. The number of nitrogens with zero attached hydrogens (tertiary/aromatic N) is 3. The summed E-state index contributed by atoms with van der Waals surface area (Å²) in [6, 6.07) is 27.5. The zero-order chi connectivity index (χ0) is 21.2. The molecular formula is C27H26N4. The molecule has 4 nitrogen and oxygen atoms in total. The summed E-state index contributed by atoms with van der Waals surface area (Å²) >= 11 is 0. The largest absolute Gasteiger partial charge is 0.382 e. The van der Waals surface area contributed by atoms with Crippen LogP contribution in [0.5, 0.6) is 0 Å². The SMILES string of the molecule is CCCCc1nc2c(N)nc3ccccc3c2n1Cc1ccc(-c2ccccc2)cc1. The van der Waals surface area contributed by atoms with E-state index in [-0.39, 0.29) is 0 Å². The minimum atomic E-state index is 0.504. The predicted octanol–water partition coefficient (Wildman–Crippen LogP) is 6.22. The number of fused-ring (bicyclic) bond motifs is 3. The number of aromatic nitrogens is 3. The van der Waals surface area contributed by atoms with E-state index in [9.17, 15) is 0 Å². The van der Waals surface area contributed by atoms with Crippen LogP contribution < -0.4 is 5.73 Å². The van der Waals surface area contributed by atoms with E-state index < -0.39 is 0 Å². The quantitative estimate of drug-likeness (QED) is 0.364. The van der Waals surface area contributed by atoms with Gasteiger partial charge in [0.1, 0.15) is 11.3 Å². The Labute approximate surface area is 182 Å². The summed E-state index contributed by atoms with van der Waals surface area (Å²) in [5, 5.41) is 1.10. The van der Waals surface area contributed by atoms with Crippen molar-refractivity contribution in [1.29, 1.82) is 0 Å². The molecule has 0 fully saturated rings. The number of hydrogen-bond donors (Lipinski definition) is 1. The van der Waals surface area contributed by atoms with Crippen LogP contribution in [0.2, 0.25) is 0 Å². The van der Waals surface area contributed by atoms with Crippen molar-refractivity contribution in [3.8, 4) is 11.1 Å². The van der Waals surface area contributed by atoms with Gasteiger partial charge in [0.25, 0.3) is 0 Å². The molecule has 3 aromatic carbocycles. The van der Waals surface area contributed by atoms with Crippen LogP contribution in [0.4, 0.5) is 5.82 Å². The van der Waals surface area contributed by atoms with E-state index in [1.165, 1.54) is 16.7 Å². The third kappa shape index (κ3) is 3.66. The highest BCUT2D eigenvalue weighted by atomic mass is 15.1. The van der Waals surface area contributed by atoms with Gasteiger partial charge in [-0.3, -0.25) is 0 Å². The number of unbranched alkanes of at least 4 members (excludes halogenated alkanes) is 1. The number of anilines is 1. The molecule has 0 amide bonds. The number of imidazole rings is 1. The molecule has 5 rings (SSSR count). The van der Waals surface area contributed by atoms with Crippen LogP contribution in [0.3, 0.4) is 0 Å². The fourth-order valence-electron chi connectivity index (χ4n) is 4.22. The highest BCUT2D eigenvalue weighted by Gasteiger charge is 2.17. The highest BCUT2D eigenvalue weighted by Crippen LogP contribution is 2.30. The standard InChI is InChI=1S/C27H26N4/c1-2-3-13-24-30-25-26(22-11-7-8-12-23(22)29-27(25)28)31(24)18-19-14-16-21(17-15-19)20-9-5-4-6-10-20/h4-12,14-17H,2-3,13,18H2,1H3,(H2,28,29). The van der Waals surface area contributed by atoms with Gasteiger partial charge in [-0.1, -0.05) is 86.1 Å². The number of benzene rings is 3. The number of rotatable bonds is 6. The second kappa shape index (κ2) is 8.23. The van der Waals surface area contributed by atoms with E-state index >= 15 is 0 Å². The number of hydrogen-bond acceptors (Lipinski definition) is 3. The first-order chi connectivity index (χ1) is 15.2. The van der Waals surface area contributed by atoms with Crippen molar-refractivity contribution >= 4 is 27.8 Å². The summed E-state index contributed by atoms with van der Waals surface area (Å²) in [5.74, 6) is 1.58. The van der Waals surface area contributed by atoms with E-state index in [4.69, 9.17) is 10.7 Å². The van der Waals surface area contributed by atoms with Crippen LogP contribution in [0.25, 0.3) is 33.1 Å². The Hall–Kier alpha value is -3.66. The van der Waals surface area contributed by atoms with Crippen molar-refractivity contribution in [1.82, 2.24) is 14.5 Å². The van der Waals surface area contributed by atoms with E-state index in [0.29, 0.717) is 5.82 Å². The zero-order valence-corrected chi connectivity index (χ0v) is 17.8. The Balaban J connectivity index is 1.61. The highest BCUT2D eigenvalue weighted by molar-refractivity contribution is 6.06. The minimum Gasteiger partial charge on any atom is -0.382 e. The minimum absolute atomic E-state index is 0.504. The Morgan fingerprint density at radius 3 is 2.29 bits per heavy atom. The Bertz CT molecular complexity index is 1340. The van der Waals surface area contributed by atoms with Gasteiger partial charge >= 0.3 is 0 Å². The molecule has 0 unspecified atom stereocenters. The van der Waals surface area contributed by atoms with E-state index in [2.05, 4.69) is 77.1 Å². The second-order valence-corrected chi connectivity index (χ2v) is 7.99. The van der Waals surface area contributed by atoms with Crippen molar-refractivity contribution in [2.75, 3.05) is 5.73 Å². The lowest BCUT2D eigenvalue weighted by Gasteiger charge is -2.12. The molecule has 0 aliphatic rings. The van der Waals surface area contributed by atoms with Crippen LogP contribution in [-0.4, -0.2) is 14.5 Å². The first-order valence-electron chi connectivity index (χ1n) is 10.9. The molecule has 0 aliphatic carbocycles. The zero-order valence-electron chi connectivity index (χ0n) is 17.8. The number of pyridine rings is 1. The molecule has 2 N–H and O–H groups in total. The van der Waals surface area contributed by atoms with E-state index in [1.807, 2.05) is 18.2 Å². The molecule has 0 radical (unpaired) electrons. The summed E-state index contributed by atoms with van der Waals surface area (Å²) < 4.78 is 2.34. The molecule has 0 spiro atoms. The van der Waals surface area contributed by atoms with Gasteiger partial charge in [0, 0.05) is 18.4 Å². The molecule has 2 heterocycles. The smallest absolute Gasteiger partial charge is 0.152 e. The van der Waals surface area contributed by atoms with Gasteiger partial charge in [-0.15, -0.1) is 0 Å². The van der Waals surface area contributed by atoms with Gasteiger partial charge in [-0.2, -0.15) is 0 Å². The van der Waals surface area contributed by atoms with Crippen molar-refractivity contribution in [3.05, 3.63) is 90.3 Å². The Morgan fingerprint density at radius 2 is 1.52 bits per heavy atom. The van der Waals surface area contributed by atoms with E-state index in [1.54, 1.807) is 0 Å². The molecular weight excluding hydrogens is 380 g/mol. The van der Waals surface area contributed by atoms with Crippen LogP contribution >= 0.6 is 0 Å². The second-order valence-electron chi connectivity index (χ2n) is 7.99. The Morgan fingerprint density at radius 1 is 0.806 bits per heavy atom. The molecule has 4 heteroatoms. The lowest BCUT2D eigenvalue weighted by atomic mass is 10.0. The average Bonchev–Trinajstić information content (AvgIpc) is 3.18. The van der Waals surface area contributed by atoms with Crippen molar-refractivity contribution in [3.63, 3.8) is 0 Å². The fourth-order valence-corrected chi connectivity index (χ4v) is 4.22. The van der Waals surface area contributed by atoms with Gasteiger partial charge in [0.2, 0.25) is 0 Å². The number of nitrogen functional groups attached to an aromatic ring is 1. The molecule has 0 bridgehead atoms. The molecule has 5 aromatic rings. The monoisotopic (exact) mass is 406 g/mol. The van der Waals surface area contributed by atoms with Crippen molar-refractivity contribution in [2.24, 2.45) is 0 Å². The summed E-state index contributed by atoms with van der Waals surface area (Å²) in [7, 11) is 0. The first kappa shape index (κ1) is 19.3. The van der Waals surface area contributed by atoms with Gasteiger partial charge in [-0.25, -0.2) is 9.97 Å². The Kier molecular flexibility index (Phi) is 5.13. The summed E-state index contributed by atoms with van der Waals surface area (Å²) in [5.41, 5.74) is 12.8. The van der Waals surface area contributed by atoms with Gasteiger partial charge < -0.3 is 10.3 Å². The lowest BCUT2D eigenvalue weighted by molar-refractivity contribution is 0.691.